The molecular weight excluding hydrogens is 343 g/mol. The molecule has 0 N–H and O–H groups in total. The van der Waals surface area contributed by atoms with Crippen LogP contribution >= 0.6 is 0 Å². The number of hydrogen-bond acceptors (Lipinski definition) is 6. The predicted molar refractivity (Wildman–Crippen MR) is 88.9 cm³/mol. The smallest absolute Gasteiger partial charge is 0.545 e. The molecule has 0 aromatic heterocycles. The van der Waals surface area contributed by atoms with Gasteiger partial charge in [0.25, 0.3) is 0 Å². The molecule has 0 heterocycles. The number of carbonyl (C=O) groups is 1. The number of carboxylic acids is 1. The summed E-state index contributed by atoms with van der Waals surface area (Å²) in [4.78, 5) is 9.14. The van der Waals surface area contributed by atoms with E-state index in [1.807, 2.05) is 0 Å². The third-order valence-electron chi connectivity index (χ3n) is 3.10. The number of carboxylic acid groups (broad SMARTS) is 1. The van der Waals surface area contributed by atoms with Gasteiger partial charge in [0.15, 0.2) is 0 Å². The summed E-state index contributed by atoms with van der Waals surface area (Å²) in [5.74, 6) is -1.23. The molecule has 0 atom stereocenters. The Hall–Kier alpha value is 0.0800. The number of hydrogen-bond donors (Lipinski definition) is 0. The third kappa shape index (κ3) is 27.0. The zero-order valence-corrected chi connectivity index (χ0v) is 18.2. The SMILES string of the molecule is C=CC(=O)[O-].CCCCCCCCCCCCOS(=O)(=O)OC.[Na+]. The Kier molecular flexibility index (Phi) is 25.4. The second kappa shape index (κ2) is 21.1. The van der Waals surface area contributed by atoms with E-state index < -0.39 is 16.4 Å². The molecule has 0 aliphatic heterocycles. The van der Waals surface area contributed by atoms with Crippen molar-refractivity contribution in [3.63, 3.8) is 0 Å². The Morgan fingerprint density at radius 2 is 1.38 bits per heavy atom. The average Bonchev–Trinajstić information content (AvgIpc) is 2.53. The first-order chi connectivity index (χ1) is 10.9. The molecule has 0 saturated heterocycles. The first-order valence-electron chi connectivity index (χ1n) is 8.18. The van der Waals surface area contributed by atoms with Crippen molar-refractivity contribution in [2.24, 2.45) is 0 Å². The van der Waals surface area contributed by atoms with Gasteiger partial charge in [0.1, 0.15) is 0 Å². The van der Waals surface area contributed by atoms with E-state index in [9.17, 15) is 8.42 Å². The van der Waals surface area contributed by atoms with Gasteiger partial charge in [-0.3, -0.25) is 4.18 Å². The van der Waals surface area contributed by atoms with E-state index in [1.54, 1.807) is 0 Å². The van der Waals surface area contributed by atoms with Crippen LogP contribution in [0.5, 0.6) is 0 Å². The second-order valence-electron chi connectivity index (χ2n) is 5.10. The van der Waals surface area contributed by atoms with Crippen LogP contribution in [0.3, 0.4) is 0 Å². The Bertz CT molecular complexity index is 384. The minimum absolute atomic E-state index is 0. The largest absolute Gasteiger partial charge is 1.00 e. The van der Waals surface area contributed by atoms with Crippen molar-refractivity contribution in [2.75, 3.05) is 13.7 Å². The number of carbonyl (C=O) groups excluding carboxylic acids is 1. The summed E-state index contributed by atoms with van der Waals surface area (Å²) in [5, 5.41) is 9.14. The van der Waals surface area contributed by atoms with Crippen molar-refractivity contribution < 1.29 is 56.2 Å². The van der Waals surface area contributed by atoms with Gasteiger partial charge in [-0.2, -0.15) is 8.42 Å². The standard InChI is InChI=1S/C13H28O4S.C3H4O2.Na/c1-3-4-5-6-7-8-9-10-11-12-13-17-18(14,15)16-2;1-2-3(4)5;/h3-13H2,1-2H3;2H,1H2,(H,4,5);/q;;+1/p-1. The molecular formula is C16H31NaO6S. The van der Waals surface area contributed by atoms with Gasteiger partial charge < -0.3 is 9.90 Å². The fourth-order valence-corrected chi connectivity index (χ4v) is 2.22. The third-order valence-corrected chi connectivity index (χ3v) is 3.96. The maximum Gasteiger partial charge on any atom is 1.00 e. The minimum Gasteiger partial charge on any atom is -0.545 e. The molecule has 138 valence electrons. The predicted octanol–water partition coefficient (Wildman–Crippen LogP) is -0.259. The van der Waals surface area contributed by atoms with Gasteiger partial charge in [-0.15, -0.1) is 0 Å². The molecule has 0 unspecified atom stereocenters. The van der Waals surface area contributed by atoms with Crippen LogP contribution in [0.1, 0.15) is 71.1 Å². The monoisotopic (exact) mass is 374 g/mol. The summed E-state index contributed by atoms with van der Waals surface area (Å²) in [6.07, 6.45) is 12.9. The zero-order valence-electron chi connectivity index (χ0n) is 15.4. The molecule has 0 radical (unpaired) electrons. The molecule has 0 rings (SSSR count). The molecule has 0 amide bonds. The average molecular weight is 374 g/mol. The van der Waals surface area contributed by atoms with Crippen LogP contribution in [0.15, 0.2) is 12.7 Å². The Morgan fingerprint density at radius 1 is 1.00 bits per heavy atom. The van der Waals surface area contributed by atoms with Crippen LogP contribution in [-0.4, -0.2) is 28.1 Å². The summed E-state index contributed by atoms with van der Waals surface area (Å²) in [5.41, 5.74) is 0. The molecule has 24 heavy (non-hydrogen) atoms. The maximum absolute atomic E-state index is 10.8. The molecule has 6 nitrogen and oxygen atoms in total. The van der Waals surface area contributed by atoms with Gasteiger partial charge in [0.05, 0.1) is 19.7 Å². The van der Waals surface area contributed by atoms with Crippen molar-refractivity contribution in [3.05, 3.63) is 12.7 Å². The summed E-state index contributed by atoms with van der Waals surface area (Å²) < 4.78 is 30.4. The van der Waals surface area contributed by atoms with Crippen molar-refractivity contribution in [1.29, 1.82) is 0 Å². The van der Waals surface area contributed by atoms with E-state index >= 15 is 0 Å². The summed E-state index contributed by atoms with van der Waals surface area (Å²) >= 11 is 0. The van der Waals surface area contributed by atoms with Gasteiger partial charge in [-0.1, -0.05) is 71.3 Å². The fraction of sp³-hybridized carbons (Fsp3) is 0.812. The molecule has 0 aromatic rings. The van der Waals surface area contributed by atoms with Gasteiger partial charge in [0, 0.05) is 0 Å². The summed E-state index contributed by atoms with van der Waals surface area (Å²) in [6, 6.07) is 0. The number of unbranched alkanes of at least 4 members (excludes halogenated alkanes) is 9. The van der Waals surface area contributed by atoms with Crippen LogP contribution in [0.2, 0.25) is 0 Å². The Labute approximate surface area is 169 Å². The van der Waals surface area contributed by atoms with Crippen molar-refractivity contribution in [1.82, 2.24) is 0 Å². The molecule has 0 saturated carbocycles. The molecule has 0 aliphatic carbocycles. The summed E-state index contributed by atoms with van der Waals surface area (Å²) in [7, 11) is -2.62. The van der Waals surface area contributed by atoms with Gasteiger partial charge in [-0.05, 0) is 12.5 Å². The quantitative estimate of drug-likeness (QED) is 0.236. The molecule has 0 bridgehead atoms. The Morgan fingerprint density at radius 3 is 1.71 bits per heavy atom. The van der Waals surface area contributed by atoms with Gasteiger partial charge in [0.2, 0.25) is 0 Å². The summed E-state index contributed by atoms with van der Waals surface area (Å²) in [6.45, 7) is 5.36. The van der Waals surface area contributed by atoms with Gasteiger partial charge >= 0.3 is 40.0 Å². The van der Waals surface area contributed by atoms with Crippen LogP contribution in [0.4, 0.5) is 0 Å². The maximum atomic E-state index is 10.8. The first-order valence-corrected chi connectivity index (χ1v) is 9.51. The van der Waals surface area contributed by atoms with Crippen molar-refractivity contribution in [3.8, 4) is 0 Å². The number of rotatable bonds is 14. The molecule has 0 fully saturated rings. The molecule has 0 aliphatic rings. The minimum atomic E-state index is -3.73. The second-order valence-corrected chi connectivity index (χ2v) is 6.49. The van der Waals surface area contributed by atoms with Crippen LogP contribution in [0, 0.1) is 0 Å². The van der Waals surface area contributed by atoms with Crippen LogP contribution in [0.25, 0.3) is 0 Å². The first kappa shape index (κ1) is 28.9. The van der Waals surface area contributed by atoms with E-state index in [-0.39, 0.29) is 36.2 Å². The Balaban J connectivity index is -0.000000639. The van der Waals surface area contributed by atoms with Gasteiger partial charge in [-0.25, -0.2) is 4.18 Å². The molecule has 8 heteroatoms. The van der Waals surface area contributed by atoms with E-state index in [2.05, 4.69) is 21.9 Å². The van der Waals surface area contributed by atoms with Crippen molar-refractivity contribution >= 4 is 16.4 Å². The van der Waals surface area contributed by atoms with E-state index in [0.717, 1.165) is 32.4 Å². The normalized spacial score (nSPS) is 10.2. The molecule has 0 aromatic carbocycles. The van der Waals surface area contributed by atoms with E-state index in [1.165, 1.54) is 44.9 Å². The van der Waals surface area contributed by atoms with E-state index in [4.69, 9.17) is 9.90 Å². The van der Waals surface area contributed by atoms with Crippen LogP contribution < -0.4 is 34.7 Å². The van der Waals surface area contributed by atoms with E-state index in [0.29, 0.717) is 0 Å². The number of aliphatic carboxylic acids is 1. The van der Waals surface area contributed by atoms with Crippen LogP contribution in [-0.2, 0) is 23.6 Å². The topological polar surface area (TPSA) is 92.7 Å². The van der Waals surface area contributed by atoms with Crippen molar-refractivity contribution in [2.45, 2.75) is 71.1 Å². The fourth-order valence-electron chi connectivity index (χ4n) is 1.80. The molecule has 0 spiro atoms. The zero-order chi connectivity index (χ0) is 18.0.